The van der Waals surface area contributed by atoms with Gasteiger partial charge in [0.2, 0.25) is 0 Å². The molecule has 130 valence electrons. The second kappa shape index (κ2) is 6.77. The lowest BCUT2D eigenvalue weighted by Gasteiger charge is -2.24. The molecule has 2 rings (SSSR count). The van der Waals surface area contributed by atoms with E-state index in [1.165, 1.54) is 23.2 Å². The Morgan fingerprint density at radius 2 is 2.21 bits per heavy atom. The summed E-state index contributed by atoms with van der Waals surface area (Å²) in [5.74, 6) is -0.339. The van der Waals surface area contributed by atoms with E-state index in [4.69, 9.17) is 10.00 Å². The van der Waals surface area contributed by atoms with Crippen molar-refractivity contribution in [3.63, 3.8) is 0 Å². The van der Waals surface area contributed by atoms with Crippen LogP contribution < -0.4 is 0 Å². The summed E-state index contributed by atoms with van der Waals surface area (Å²) in [6.45, 7) is 6.14. The van der Waals surface area contributed by atoms with E-state index in [1.807, 2.05) is 6.07 Å². The minimum atomic E-state index is -3.68. The van der Waals surface area contributed by atoms with Crippen molar-refractivity contribution in [1.29, 1.82) is 5.26 Å². The minimum Gasteiger partial charge on any atom is -0.444 e. The van der Waals surface area contributed by atoms with Crippen molar-refractivity contribution in [3.05, 3.63) is 23.9 Å². The first-order valence-electron chi connectivity index (χ1n) is 7.68. The molecule has 1 saturated heterocycles. The zero-order valence-electron chi connectivity index (χ0n) is 14.0. The van der Waals surface area contributed by atoms with E-state index in [1.54, 1.807) is 20.8 Å². The topological polar surface area (TPSA) is 100 Å². The molecule has 0 spiro atoms. The van der Waals surface area contributed by atoms with E-state index in [0.717, 1.165) is 0 Å². The highest BCUT2D eigenvalue weighted by molar-refractivity contribution is 7.91. The van der Waals surface area contributed by atoms with Gasteiger partial charge in [-0.25, -0.2) is 18.2 Å². The Balaban J connectivity index is 2.05. The van der Waals surface area contributed by atoms with Crippen molar-refractivity contribution in [2.75, 3.05) is 18.8 Å². The van der Waals surface area contributed by atoms with Gasteiger partial charge < -0.3 is 9.64 Å². The summed E-state index contributed by atoms with van der Waals surface area (Å²) in [7, 11) is -3.68. The zero-order chi connectivity index (χ0) is 18.0. The summed E-state index contributed by atoms with van der Waals surface area (Å²) in [6, 6.07) is 4.81. The van der Waals surface area contributed by atoms with Crippen LogP contribution in [0, 0.1) is 17.2 Å². The smallest absolute Gasteiger partial charge is 0.410 e. The van der Waals surface area contributed by atoms with Gasteiger partial charge in [0.15, 0.2) is 14.9 Å². The monoisotopic (exact) mass is 351 g/mol. The molecule has 8 heteroatoms. The summed E-state index contributed by atoms with van der Waals surface area (Å²) < 4.78 is 30.4. The molecule has 1 aliphatic heterocycles. The summed E-state index contributed by atoms with van der Waals surface area (Å²) in [5, 5.41) is 8.85. The van der Waals surface area contributed by atoms with Crippen LogP contribution in [0.25, 0.3) is 0 Å². The molecule has 24 heavy (non-hydrogen) atoms. The van der Waals surface area contributed by atoms with Gasteiger partial charge in [0.05, 0.1) is 11.3 Å². The second-order valence-electron chi connectivity index (χ2n) is 6.83. The molecule has 1 fully saturated rings. The van der Waals surface area contributed by atoms with E-state index in [9.17, 15) is 13.2 Å². The summed E-state index contributed by atoms with van der Waals surface area (Å²) in [5.41, 5.74) is -0.545. The number of amides is 1. The SMILES string of the molecule is CC(C)(C)OC(=O)N1CCC(CS(=O)(=O)c2ncccc2C#N)C1. The Hall–Kier alpha value is -2.14. The van der Waals surface area contributed by atoms with Gasteiger partial charge >= 0.3 is 6.09 Å². The number of pyridine rings is 1. The number of carbonyl (C=O) groups excluding carboxylic acids is 1. The van der Waals surface area contributed by atoms with E-state index >= 15 is 0 Å². The molecule has 0 saturated carbocycles. The third kappa shape index (κ3) is 4.45. The van der Waals surface area contributed by atoms with Crippen molar-refractivity contribution in [2.45, 2.75) is 37.8 Å². The molecular formula is C16H21N3O4S. The van der Waals surface area contributed by atoms with Crippen LogP contribution >= 0.6 is 0 Å². The molecule has 1 amide bonds. The molecule has 2 heterocycles. The lowest BCUT2D eigenvalue weighted by Crippen LogP contribution is -2.35. The predicted molar refractivity (Wildman–Crippen MR) is 86.9 cm³/mol. The average molecular weight is 351 g/mol. The molecule has 1 atom stereocenters. The molecule has 1 aromatic heterocycles. The third-order valence-electron chi connectivity index (χ3n) is 3.58. The van der Waals surface area contributed by atoms with Crippen molar-refractivity contribution >= 4 is 15.9 Å². The van der Waals surface area contributed by atoms with Gasteiger partial charge in [0.25, 0.3) is 0 Å². The molecule has 7 nitrogen and oxygen atoms in total. The fraction of sp³-hybridized carbons (Fsp3) is 0.562. The fourth-order valence-corrected chi connectivity index (χ4v) is 4.29. The number of sulfone groups is 1. The molecular weight excluding hydrogens is 330 g/mol. The maximum atomic E-state index is 12.5. The number of nitrogens with zero attached hydrogens (tertiary/aromatic N) is 3. The maximum Gasteiger partial charge on any atom is 0.410 e. The van der Waals surface area contributed by atoms with Crippen LogP contribution in [-0.4, -0.2) is 48.8 Å². The molecule has 0 bridgehead atoms. The van der Waals surface area contributed by atoms with Gasteiger partial charge in [-0.05, 0) is 45.2 Å². The number of carbonyl (C=O) groups is 1. The highest BCUT2D eigenvalue weighted by atomic mass is 32.2. The molecule has 0 N–H and O–H groups in total. The first-order valence-corrected chi connectivity index (χ1v) is 9.33. The normalized spacial score (nSPS) is 18.2. The molecule has 1 unspecified atom stereocenters. The lowest BCUT2D eigenvalue weighted by molar-refractivity contribution is 0.0289. The number of hydrogen-bond acceptors (Lipinski definition) is 6. The highest BCUT2D eigenvalue weighted by Gasteiger charge is 2.33. The van der Waals surface area contributed by atoms with Crippen LogP contribution in [-0.2, 0) is 14.6 Å². The number of nitriles is 1. The molecule has 0 aliphatic carbocycles. The Morgan fingerprint density at radius 1 is 1.50 bits per heavy atom. The molecule has 1 aromatic rings. The van der Waals surface area contributed by atoms with Crippen LogP contribution in [0.2, 0.25) is 0 Å². The average Bonchev–Trinajstić information content (AvgIpc) is 2.93. The summed E-state index contributed by atoms with van der Waals surface area (Å²) in [4.78, 5) is 17.4. The van der Waals surface area contributed by atoms with E-state index in [0.29, 0.717) is 19.5 Å². The largest absolute Gasteiger partial charge is 0.444 e. The Labute approximate surface area is 142 Å². The predicted octanol–water partition coefficient (Wildman–Crippen LogP) is 1.98. The number of rotatable bonds is 3. The molecule has 0 aromatic carbocycles. The van der Waals surface area contributed by atoms with Crippen LogP contribution in [0.5, 0.6) is 0 Å². The van der Waals surface area contributed by atoms with Gasteiger partial charge in [-0.15, -0.1) is 0 Å². The van der Waals surface area contributed by atoms with Gasteiger partial charge in [0, 0.05) is 19.3 Å². The maximum absolute atomic E-state index is 12.5. The Bertz CT molecular complexity index is 762. The lowest BCUT2D eigenvalue weighted by atomic mass is 10.2. The number of likely N-dealkylation sites (tertiary alicyclic amines) is 1. The van der Waals surface area contributed by atoms with Crippen molar-refractivity contribution in [2.24, 2.45) is 5.92 Å². The van der Waals surface area contributed by atoms with Gasteiger partial charge in [0.1, 0.15) is 11.7 Å². The van der Waals surface area contributed by atoms with E-state index < -0.39 is 21.5 Å². The van der Waals surface area contributed by atoms with Crippen molar-refractivity contribution < 1.29 is 17.9 Å². The fourth-order valence-electron chi connectivity index (χ4n) is 2.57. The second-order valence-corrected chi connectivity index (χ2v) is 8.78. The standard InChI is InChI=1S/C16H21N3O4S/c1-16(2,3)23-15(20)19-8-6-12(10-19)11-24(21,22)14-13(9-17)5-4-7-18-14/h4-5,7,12H,6,8,10-11H2,1-3H3. The number of aromatic nitrogens is 1. The summed E-state index contributed by atoms with van der Waals surface area (Å²) in [6.07, 6.45) is 1.50. The zero-order valence-corrected chi connectivity index (χ0v) is 14.8. The quantitative estimate of drug-likeness (QED) is 0.825. The van der Waals surface area contributed by atoms with E-state index in [2.05, 4.69) is 4.98 Å². The third-order valence-corrected chi connectivity index (χ3v) is 5.40. The molecule has 0 radical (unpaired) electrons. The molecule has 1 aliphatic rings. The van der Waals surface area contributed by atoms with Crippen LogP contribution in [0.4, 0.5) is 4.79 Å². The van der Waals surface area contributed by atoms with Crippen LogP contribution in [0.15, 0.2) is 23.4 Å². The van der Waals surface area contributed by atoms with E-state index in [-0.39, 0.29) is 22.3 Å². The first kappa shape index (κ1) is 18.2. The van der Waals surface area contributed by atoms with Crippen LogP contribution in [0.1, 0.15) is 32.8 Å². The van der Waals surface area contributed by atoms with Crippen LogP contribution in [0.3, 0.4) is 0 Å². The highest BCUT2D eigenvalue weighted by Crippen LogP contribution is 2.24. The first-order chi connectivity index (χ1) is 11.1. The Kier molecular flexibility index (Phi) is 5.13. The van der Waals surface area contributed by atoms with Crippen molar-refractivity contribution in [1.82, 2.24) is 9.88 Å². The van der Waals surface area contributed by atoms with Gasteiger partial charge in [-0.1, -0.05) is 0 Å². The number of hydrogen-bond donors (Lipinski definition) is 0. The summed E-state index contributed by atoms with van der Waals surface area (Å²) >= 11 is 0. The minimum absolute atomic E-state index is 0.0412. The Morgan fingerprint density at radius 3 is 2.83 bits per heavy atom. The van der Waals surface area contributed by atoms with Gasteiger partial charge in [-0.2, -0.15) is 5.26 Å². The van der Waals surface area contributed by atoms with Gasteiger partial charge in [-0.3, -0.25) is 0 Å². The van der Waals surface area contributed by atoms with Crippen molar-refractivity contribution in [3.8, 4) is 6.07 Å². The number of ether oxygens (including phenoxy) is 1.